The number of hydrogen-bond donors (Lipinski definition) is 1. The van der Waals surface area contributed by atoms with E-state index in [1.165, 1.54) is 33.4 Å². The van der Waals surface area contributed by atoms with Crippen LogP contribution in [-0.2, 0) is 5.41 Å². The van der Waals surface area contributed by atoms with Crippen molar-refractivity contribution >= 4 is 15.9 Å². The second-order valence-electron chi connectivity index (χ2n) is 7.01. The van der Waals surface area contributed by atoms with E-state index in [9.17, 15) is 5.11 Å². The molecule has 0 saturated carbocycles. The Morgan fingerprint density at radius 1 is 0.815 bits per heavy atom. The van der Waals surface area contributed by atoms with Crippen LogP contribution < -0.4 is 0 Å². The number of aliphatic hydroxyl groups excluding tert-OH is 1. The number of hydrogen-bond acceptors (Lipinski definition) is 1. The van der Waals surface area contributed by atoms with Crippen molar-refractivity contribution in [3.05, 3.63) is 117 Å². The van der Waals surface area contributed by atoms with E-state index >= 15 is 0 Å². The molecule has 0 aromatic heterocycles. The molecule has 1 aliphatic carbocycles. The van der Waals surface area contributed by atoms with Crippen LogP contribution in [0.1, 0.15) is 30.5 Å². The lowest BCUT2D eigenvalue weighted by molar-refractivity contribution is 0.414. The normalized spacial score (nSPS) is 18.9. The van der Waals surface area contributed by atoms with Gasteiger partial charge in [0.05, 0.1) is 11.2 Å². The molecule has 0 aliphatic heterocycles. The summed E-state index contributed by atoms with van der Waals surface area (Å²) in [6, 6.07) is 25.8. The molecule has 0 amide bonds. The van der Waals surface area contributed by atoms with Gasteiger partial charge < -0.3 is 5.11 Å². The van der Waals surface area contributed by atoms with Gasteiger partial charge in [0.15, 0.2) is 0 Å². The molecule has 0 spiro atoms. The average Bonchev–Trinajstić information content (AvgIpc) is 2.97. The monoisotopic (exact) mass is 416 g/mol. The summed E-state index contributed by atoms with van der Waals surface area (Å²) in [5, 5.41) is 9.74. The number of halogens is 1. The van der Waals surface area contributed by atoms with E-state index in [2.05, 4.69) is 95.7 Å². The minimum absolute atomic E-state index is 0.304. The lowest BCUT2D eigenvalue weighted by Gasteiger charge is -2.34. The molecular formula is C25H21BrO. The summed E-state index contributed by atoms with van der Waals surface area (Å²) >= 11 is 3.67. The van der Waals surface area contributed by atoms with Crippen molar-refractivity contribution in [3.8, 4) is 11.1 Å². The smallest absolute Gasteiger partial charge is 0.0891 e. The lowest BCUT2D eigenvalue weighted by atomic mass is 9.67. The fraction of sp³-hybridized carbons (Fsp3) is 0.120. The van der Waals surface area contributed by atoms with E-state index in [0.29, 0.717) is 5.76 Å². The number of benzene rings is 3. The second kappa shape index (κ2) is 6.86. The summed E-state index contributed by atoms with van der Waals surface area (Å²) in [5.74, 6) is 0.304. The van der Waals surface area contributed by atoms with Crippen molar-refractivity contribution < 1.29 is 5.11 Å². The lowest BCUT2D eigenvalue weighted by Crippen LogP contribution is -2.28. The van der Waals surface area contributed by atoms with Crippen LogP contribution in [0.3, 0.4) is 0 Å². The summed E-state index contributed by atoms with van der Waals surface area (Å²) < 4.78 is 1.07. The number of aliphatic hydroxyl groups is 1. The topological polar surface area (TPSA) is 20.2 Å². The predicted molar refractivity (Wildman–Crippen MR) is 116 cm³/mol. The van der Waals surface area contributed by atoms with Crippen LogP contribution in [0.25, 0.3) is 11.1 Å². The van der Waals surface area contributed by atoms with Crippen LogP contribution in [-0.4, -0.2) is 5.11 Å². The highest BCUT2D eigenvalue weighted by Crippen LogP contribution is 2.56. The standard InChI is InChI=1S/C25H21BrO/c1-17(12-13-18(2)27)25(19-8-4-3-5-9-19)23-11-7-6-10-21(23)22-15-14-20(26)16-24(22)25/h3-16,27H,1-2H3/b17-12+,18-13+. The van der Waals surface area contributed by atoms with E-state index < -0.39 is 0 Å². The third kappa shape index (κ3) is 2.76. The minimum Gasteiger partial charge on any atom is -0.513 e. The first kappa shape index (κ1) is 17.8. The Kier molecular flexibility index (Phi) is 4.53. The van der Waals surface area contributed by atoms with Gasteiger partial charge in [0.25, 0.3) is 0 Å². The molecule has 4 rings (SSSR count). The Morgan fingerprint density at radius 2 is 1.48 bits per heavy atom. The van der Waals surface area contributed by atoms with Crippen molar-refractivity contribution in [3.63, 3.8) is 0 Å². The van der Waals surface area contributed by atoms with E-state index in [1.807, 2.05) is 6.08 Å². The molecule has 0 bridgehead atoms. The molecule has 1 unspecified atom stereocenters. The first-order valence-electron chi connectivity index (χ1n) is 9.05. The van der Waals surface area contributed by atoms with Crippen LogP contribution in [0, 0.1) is 0 Å². The summed E-state index contributed by atoms with van der Waals surface area (Å²) in [6.45, 7) is 3.85. The zero-order chi connectivity index (χ0) is 19.0. The van der Waals surface area contributed by atoms with Crippen molar-refractivity contribution in [2.24, 2.45) is 0 Å². The fourth-order valence-electron chi connectivity index (χ4n) is 4.27. The van der Waals surface area contributed by atoms with E-state index in [1.54, 1.807) is 13.0 Å². The van der Waals surface area contributed by atoms with Crippen LogP contribution >= 0.6 is 15.9 Å². The maximum atomic E-state index is 9.74. The molecule has 0 saturated heterocycles. The molecule has 0 radical (unpaired) electrons. The zero-order valence-electron chi connectivity index (χ0n) is 15.4. The molecule has 1 aliphatic rings. The third-order valence-corrected chi connectivity index (χ3v) is 5.87. The fourth-order valence-corrected chi connectivity index (χ4v) is 4.64. The summed E-state index contributed by atoms with van der Waals surface area (Å²) in [6.07, 6.45) is 3.81. The summed E-state index contributed by atoms with van der Waals surface area (Å²) in [5.41, 5.74) is 7.09. The Morgan fingerprint density at radius 3 is 2.22 bits per heavy atom. The molecule has 3 aromatic carbocycles. The summed E-state index contributed by atoms with van der Waals surface area (Å²) in [7, 11) is 0. The van der Waals surface area contributed by atoms with Gasteiger partial charge in [0, 0.05) is 4.47 Å². The predicted octanol–water partition coefficient (Wildman–Crippen LogP) is 7.17. The molecule has 1 nitrogen and oxygen atoms in total. The molecule has 0 fully saturated rings. The maximum Gasteiger partial charge on any atom is 0.0891 e. The molecule has 27 heavy (non-hydrogen) atoms. The van der Waals surface area contributed by atoms with Gasteiger partial charge in [0.2, 0.25) is 0 Å². The number of rotatable bonds is 3. The van der Waals surface area contributed by atoms with Crippen LogP contribution in [0.4, 0.5) is 0 Å². The molecule has 0 heterocycles. The maximum absolute atomic E-state index is 9.74. The van der Waals surface area contributed by atoms with Gasteiger partial charge in [-0.15, -0.1) is 0 Å². The molecule has 2 heteroatoms. The first-order chi connectivity index (χ1) is 13.0. The van der Waals surface area contributed by atoms with Gasteiger partial charge in [-0.25, -0.2) is 0 Å². The second-order valence-corrected chi connectivity index (χ2v) is 7.92. The van der Waals surface area contributed by atoms with E-state index in [-0.39, 0.29) is 5.41 Å². The van der Waals surface area contributed by atoms with E-state index in [0.717, 1.165) is 4.47 Å². The van der Waals surface area contributed by atoms with Crippen molar-refractivity contribution in [2.45, 2.75) is 19.3 Å². The number of allylic oxidation sites excluding steroid dienone is 4. The van der Waals surface area contributed by atoms with Crippen LogP contribution in [0.5, 0.6) is 0 Å². The molecule has 3 aromatic rings. The average molecular weight is 417 g/mol. The van der Waals surface area contributed by atoms with Gasteiger partial charge in [-0.05, 0) is 59.9 Å². The van der Waals surface area contributed by atoms with Crippen molar-refractivity contribution in [2.75, 3.05) is 0 Å². The quantitative estimate of drug-likeness (QED) is 0.354. The largest absolute Gasteiger partial charge is 0.513 e. The molecular weight excluding hydrogens is 396 g/mol. The van der Waals surface area contributed by atoms with Crippen LogP contribution in [0.2, 0.25) is 0 Å². The van der Waals surface area contributed by atoms with E-state index in [4.69, 9.17) is 0 Å². The SMILES string of the molecule is C/C(O)=C\C=C(/C)C1(c2ccccc2)c2ccccc2-c2ccc(Br)cc21. The zero-order valence-corrected chi connectivity index (χ0v) is 17.0. The summed E-state index contributed by atoms with van der Waals surface area (Å²) in [4.78, 5) is 0. The highest BCUT2D eigenvalue weighted by Gasteiger charge is 2.45. The highest BCUT2D eigenvalue weighted by atomic mass is 79.9. The van der Waals surface area contributed by atoms with Gasteiger partial charge in [-0.3, -0.25) is 0 Å². The Balaban J connectivity index is 2.15. The molecule has 1 N–H and O–H groups in total. The van der Waals surface area contributed by atoms with Gasteiger partial charge >= 0.3 is 0 Å². The Bertz CT molecular complexity index is 1060. The van der Waals surface area contributed by atoms with Gasteiger partial charge in [0.1, 0.15) is 0 Å². The van der Waals surface area contributed by atoms with Gasteiger partial charge in [-0.1, -0.05) is 88.2 Å². The van der Waals surface area contributed by atoms with Crippen LogP contribution in [0.15, 0.2) is 101 Å². The first-order valence-corrected chi connectivity index (χ1v) is 9.84. The minimum atomic E-state index is -0.386. The third-order valence-electron chi connectivity index (χ3n) is 5.38. The van der Waals surface area contributed by atoms with Gasteiger partial charge in [-0.2, -0.15) is 0 Å². The van der Waals surface area contributed by atoms with Crippen molar-refractivity contribution in [1.29, 1.82) is 0 Å². The van der Waals surface area contributed by atoms with Crippen molar-refractivity contribution in [1.82, 2.24) is 0 Å². The Labute approximate surface area is 168 Å². The molecule has 1 atom stereocenters. The highest BCUT2D eigenvalue weighted by molar-refractivity contribution is 9.10. The Hall–Kier alpha value is -2.58. The number of fused-ring (bicyclic) bond motifs is 3. The molecule has 134 valence electrons.